The number of nitrogens with zero attached hydrogens (tertiary/aromatic N) is 2. The van der Waals surface area contributed by atoms with Gasteiger partial charge in [-0.15, -0.1) is 0 Å². The largest absolute Gasteiger partial charge is 0.375 e. The molecular weight excluding hydrogens is 382 g/mol. The Morgan fingerprint density at radius 1 is 1.07 bits per heavy atom. The lowest BCUT2D eigenvalue weighted by Gasteiger charge is -2.25. The van der Waals surface area contributed by atoms with Crippen molar-refractivity contribution in [2.24, 2.45) is 17.8 Å². The van der Waals surface area contributed by atoms with E-state index in [1.807, 2.05) is 31.2 Å². The minimum atomic E-state index is -0.485. The molecule has 0 spiro atoms. The molecule has 1 aliphatic carbocycles. The fraction of sp³-hybridized carbons (Fsp3) is 0.391. The number of hydrogen-bond donors (Lipinski definition) is 1. The van der Waals surface area contributed by atoms with Gasteiger partial charge in [-0.1, -0.05) is 36.8 Å². The Morgan fingerprint density at radius 3 is 2.47 bits per heavy atom. The third-order valence-corrected chi connectivity index (χ3v) is 6.23. The van der Waals surface area contributed by atoms with Crippen LogP contribution in [0.15, 0.2) is 42.5 Å². The van der Waals surface area contributed by atoms with Crippen molar-refractivity contribution in [1.29, 1.82) is 0 Å². The zero-order valence-electron chi connectivity index (χ0n) is 17.1. The molecule has 0 bridgehead atoms. The van der Waals surface area contributed by atoms with E-state index in [1.165, 1.54) is 6.07 Å². The average molecular weight is 407 g/mol. The maximum Gasteiger partial charge on any atom is 0.294 e. The quantitative estimate of drug-likeness (QED) is 0.449. The Hall–Kier alpha value is -3.22. The summed E-state index contributed by atoms with van der Waals surface area (Å²) in [5, 5.41) is 14.8. The average Bonchev–Trinajstić information content (AvgIpc) is 2.97. The van der Waals surface area contributed by atoms with Crippen molar-refractivity contribution >= 4 is 28.9 Å². The molecule has 2 amide bonds. The SMILES string of the molecule is Cc1ccc(CNc2ccc(N3C(=O)[C@@H]4CC[C@H](C)C[C@H]4C3=O)cc2[N+](=O)[O-])cc1. The lowest BCUT2D eigenvalue weighted by atomic mass is 9.76. The van der Waals surface area contributed by atoms with Gasteiger partial charge in [-0.3, -0.25) is 19.7 Å². The van der Waals surface area contributed by atoms with Crippen LogP contribution >= 0.6 is 0 Å². The molecule has 1 aliphatic heterocycles. The Kier molecular flexibility index (Phi) is 5.28. The Labute approximate surface area is 175 Å². The zero-order valence-corrected chi connectivity index (χ0v) is 17.1. The van der Waals surface area contributed by atoms with Crippen LogP contribution in [0.25, 0.3) is 0 Å². The first-order valence-corrected chi connectivity index (χ1v) is 10.3. The molecule has 1 saturated carbocycles. The summed E-state index contributed by atoms with van der Waals surface area (Å²) in [6.07, 6.45) is 2.32. The van der Waals surface area contributed by atoms with Crippen LogP contribution in [-0.4, -0.2) is 16.7 Å². The van der Waals surface area contributed by atoms with E-state index in [2.05, 4.69) is 12.2 Å². The molecule has 2 aromatic rings. The van der Waals surface area contributed by atoms with Crippen molar-refractivity contribution < 1.29 is 14.5 Å². The van der Waals surface area contributed by atoms with Crippen LogP contribution in [0.2, 0.25) is 0 Å². The van der Waals surface area contributed by atoms with Crippen LogP contribution in [0.3, 0.4) is 0 Å². The molecule has 3 atom stereocenters. The van der Waals surface area contributed by atoms with Crippen molar-refractivity contribution in [3.8, 4) is 0 Å². The highest BCUT2D eigenvalue weighted by Crippen LogP contribution is 2.43. The highest BCUT2D eigenvalue weighted by atomic mass is 16.6. The maximum atomic E-state index is 12.9. The lowest BCUT2D eigenvalue weighted by molar-refractivity contribution is -0.383. The normalized spacial score (nSPS) is 23.4. The van der Waals surface area contributed by atoms with E-state index < -0.39 is 4.92 Å². The number of nitro benzene ring substituents is 1. The highest BCUT2D eigenvalue weighted by molar-refractivity contribution is 6.22. The van der Waals surface area contributed by atoms with Gasteiger partial charge >= 0.3 is 0 Å². The van der Waals surface area contributed by atoms with Crippen molar-refractivity contribution in [3.63, 3.8) is 0 Å². The fourth-order valence-corrected chi connectivity index (χ4v) is 4.51. The second kappa shape index (κ2) is 7.89. The van der Waals surface area contributed by atoms with Gasteiger partial charge in [0.15, 0.2) is 0 Å². The lowest BCUT2D eigenvalue weighted by Crippen LogP contribution is -2.30. The predicted octanol–water partition coefficient (Wildman–Crippen LogP) is 4.44. The van der Waals surface area contributed by atoms with Crippen LogP contribution in [0.4, 0.5) is 17.1 Å². The number of rotatable bonds is 5. The standard InChI is InChI=1S/C23H25N3O4/c1-14-3-6-16(7-4-14)13-24-20-10-8-17(12-21(20)26(29)30)25-22(27)18-9-5-15(2)11-19(18)23(25)28/h3-4,6-8,10,12,15,18-19,24H,5,9,11,13H2,1-2H3/t15-,18+,19+/m0/s1. The molecule has 2 aliphatic rings. The smallest absolute Gasteiger partial charge is 0.294 e. The van der Waals surface area contributed by atoms with E-state index >= 15 is 0 Å². The maximum absolute atomic E-state index is 12.9. The Bertz CT molecular complexity index is 1000. The zero-order chi connectivity index (χ0) is 21.4. The van der Waals surface area contributed by atoms with Crippen LogP contribution in [0, 0.1) is 34.8 Å². The van der Waals surface area contributed by atoms with Gasteiger partial charge in [-0.05, 0) is 49.8 Å². The topological polar surface area (TPSA) is 92.6 Å². The molecule has 1 saturated heterocycles. The van der Waals surface area contributed by atoms with Crippen LogP contribution in [0.1, 0.15) is 37.3 Å². The minimum absolute atomic E-state index is 0.150. The molecule has 7 nitrogen and oxygen atoms in total. The number of amides is 2. The molecule has 1 N–H and O–H groups in total. The van der Waals surface area contributed by atoms with Crippen molar-refractivity contribution in [3.05, 3.63) is 63.7 Å². The number of hydrogen-bond acceptors (Lipinski definition) is 5. The number of carbonyl (C=O) groups excluding carboxylic acids is 2. The number of anilines is 2. The number of imide groups is 1. The molecule has 4 rings (SSSR count). The van der Waals surface area contributed by atoms with E-state index in [1.54, 1.807) is 12.1 Å². The first-order chi connectivity index (χ1) is 14.3. The monoisotopic (exact) mass is 407 g/mol. The van der Waals surface area contributed by atoms with Gasteiger partial charge in [-0.25, -0.2) is 4.90 Å². The molecule has 2 fully saturated rings. The number of benzene rings is 2. The number of carbonyl (C=O) groups is 2. The third-order valence-electron chi connectivity index (χ3n) is 6.23. The van der Waals surface area contributed by atoms with Gasteiger partial charge < -0.3 is 5.32 Å². The summed E-state index contributed by atoms with van der Waals surface area (Å²) in [6.45, 7) is 4.53. The molecule has 1 heterocycles. The number of nitro groups is 1. The van der Waals surface area contributed by atoms with Crippen LogP contribution in [0.5, 0.6) is 0 Å². The number of fused-ring (bicyclic) bond motifs is 1. The van der Waals surface area contributed by atoms with Crippen molar-refractivity contribution in [1.82, 2.24) is 0 Å². The van der Waals surface area contributed by atoms with E-state index in [4.69, 9.17) is 0 Å². The number of aryl methyl sites for hydroxylation is 1. The fourth-order valence-electron chi connectivity index (χ4n) is 4.51. The van der Waals surface area contributed by atoms with Gasteiger partial charge in [0.25, 0.3) is 5.69 Å². The van der Waals surface area contributed by atoms with E-state index in [-0.39, 0.29) is 35.0 Å². The minimum Gasteiger partial charge on any atom is -0.375 e. The first kappa shape index (κ1) is 20.1. The first-order valence-electron chi connectivity index (χ1n) is 10.3. The predicted molar refractivity (Wildman–Crippen MR) is 114 cm³/mol. The Balaban J connectivity index is 1.58. The molecule has 0 aromatic heterocycles. The van der Waals surface area contributed by atoms with Gasteiger partial charge in [-0.2, -0.15) is 0 Å². The summed E-state index contributed by atoms with van der Waals surface area (Å²) in [5.74, 6) is -0.657. The molecular formula is C23H25N3O4. The second-order valence-electron chi connectivity index (χ2n) is 8.44. The van der Waals surface area contributed by atoms with E-state index in [0.717, 1.165) is 22.4 Å². The summed E-state index contributed by atoms with van der Waals surface area (Å²) in [7, 11) is 0. The van der Waals surface area contributed by atoms with Gasteiger partial charge in [0.2, 0.25) is 11.8 Å². The van der Waals surface area contributed by atoms with Gasteiger partial charge in [0, 0.05) is 12.6 Å². The summed E-state index contributed by atoms with van der Waals surface area (Å²) in [5.41, 5.74) is 2.63. The summed E-state index contributed by atoms with van der Waals surface area (Å²) < 4.78 is 0. The molecule has 0 radical (unpaired) electrons. The van der Waals surface area contributed by atoms with Crippen LogP contribution in [-0.2, 0) is 16.1 Å². The van der Waals surface area contributed by atoms with Gasteiger partial charge in [0.05, 0.1) is 22.4 Å². The molecule has 0 unspecified atom stereocenters. The van der Waals surface area contributed by atoms with Crippen LogP contribution < -0.4 is 10.2 Å². The molecule has 2 aromatic carbocycles. The summed E-state index contributed by atoms with van der Waals surface area (Å²) >= 11 is 0. The Morgan fingerprint density at radius 2 is 1.77 bits per heavy atom. The second-order valence-corrected chi connectivity index (χ2v) is 8.44. The van der Waals surface area contributed by atoms with E-state index in [9.17, 15) is 19.7 Å². The van der Waals surface area contributed by atoms with Crippen molar-refractivity contribution in [2.45, 2.75) is 39.7 Å². The summed E-state index contributed by atoms with van der Waals surface area (Å²) in [4.78, 5) is 38.2. The summed E-state index contributed by atoms with van der Waals surface area (Å²) in [6, 6.07) is 12.4. The van der Waals surface area contributed by atoms with Crippen molar-refractivity contribution in [2.75, 3.05) is 10.2 Å². The molecule has 30 heavy (non-hydrogen) atoms. The molecule has 7 heteroatoms. The highest BCUT2D eigenvalue weighted by Gasteiger charge is 2.50. The third kappa shape index (κ3) is 3.67. The van der Waals surface area contributed by atoms with E-state index in [0.29, 0.717) is 31.0 Å². The number of nitrogens with one attached hydrogen (secondary N) is 1. The van der Waals surface area contributed by atoms with Gasteiger partial charge in [0.1, 0.15) is 5.69 Å². The molecule has 156 valence electrons.